The third-order valence-electron chi connectivity index (χ3n) is 3.58. The summed E-state index contributed by atoms with van der Waals surface area (Å²) in [5.74, 6) is 0. The Morgan fingerprint density at radius 2 is 1.57 bits per heavy atom. The first-order valence-electron chi connectivity index (χ1n) is 7.45. The highest BCUT2D eigenvalue weighted by molar-refractivity contribution is 7.91. The van der Waals surface area contributed by atoms with E-state index in [2.05, 4.69) is 4.99 Å². The predicted octanol–water partition coefficient (Wildman–Crippen LogP) is 3.28. The van der Waals surface area contributed by atoms with Crippen molar-refractivity contribution in [2.45, 2.75) is 10.3 Å². The van der Waals surface area contributed by atoms with Crippen LogP contribution in [0.1, 0.15) is 10.9 Å². The number of rotatable bonds is 4. The maximum atomic E-state index is 13.2. The molecule has 0 saturated heterocycles. The van der Waals surface area contributed by atoms with E-state index in [1.54, 1.807) is 24.5 Å². The summed E-state index contributed by atoms with van der Waals surface area (Å²) in [6.07, 6.45) is 4.72. The number of quaternary nitrogens is 1. The standard InChI is InChI=1S/C16H11Cl3N2O2S.NO3/c17-11-1-4-13(5-2-11)24(22,23)16(21-8-7-20-10-21)14-6-3-12(18)9-15(14)19;2-1(3)4/h1-10,16H;/q;-1/p+1. The molecule has 1 heterocycles. The van der Waals surface area contributed by atoms with Gasteiger partial charge in [0.05, 0.1) is 21.2 Å². The molecule has 0 radical (unpaired) electrons. The van der Waals surface area contributed by atoms with Crippen LogP contribution >= 0.6 is 34.8 Å². The van der Waals surface area contributed by atoms with Crippen LogP contribution in [0.25, 0.3) is 0 Å². The van der Waals surface area contributed by atoms with Crippen LogP contribution in [0.15, 0.2) is 64.8 Å². The molecular weight excluding hydrogens is 453 g/mol. The lowest BCUT2D eigenvalue weighted by Gasteiger charge is -2.21. The number of halogens is 3. The maximum Gasteiger partial charge on any atom is 0.236 e. The number of nitrogens with zero attached hydrogens (tertiary/aromatic N) is 2. The predicted molar refractivity (Wildman–Crippen MR) is 107 cm³/mol. The lowest BCUT2D eigenvalue weighted by atomic mass is 10.2. The Labute approximate surface area is 175 Å². The van der Waals surface area contributed by atoms with Crippen molar-refractivity contribution in [1.29, 1.82) is 0 Å². The van der Waals surface area contributed by atoms with Crippen molar-refractivity contribution in [3.63, 3.8) is 0 Å². The number of nitrogens with one attached hydrogen (secondary N) is 1. The smallest absolute Gasteiger partial charge is 0.236 e. The first-order chi connectivity index (χ1) is 13.1. The normalized spacial score (nSPS) is 16.3. The van der Waals surface area contributed by atoms with Crippen LogP contribution in [0, 0.1) is 15.3 Å². The second kappa shape index (κ2) is 9.35. The first-order valence-corrected chi connectivity index (χ1v) is 10.1. The van der Waals surface area contributed by atoms with Gasteiger partial charge in [-0.15, -0.1) is 0 Å². The third-order valence-corrected chi connectivity index (χ3v) is 6.47. The van der Waals surface area contributed by atoms with Crippen LogP contribution in [0.3, 0.4) is 0 Å². The second-order valence-electron chi connectivity index (χ2n) is 5.36. The first kappa shape index (κ1) is 22.1. The zero-order chi connectivity index (χ0) is 20.9. The van der Waals surface area contributed by atoms with E-state index in [0.717, 1.165) is 0 Å². The van der Waals surface area contributed by atoms with Crippen molar-refractivity contribution in [2.75, 3.05) is 0 Å². The van der Waals surface area contributed by atoms with Crippen LogP contribution in [-0.2, 0) is 9.84 Å². The molecule has 1 aliphatic heterocycles. The highest BCUT2D eigenvalue weighted by Crippen LogP contribution is 2.31. The molecule has 0 spiro atoms. The van der Waals surface area contributed by atoms with Crippen LogP contribution in [0.4, 0.5) is 0 Å². The van der Waals surface area contributed by atoms with Gasteiger partial charge in [0.2, 0.25) is 15.2 Å². The summed E-state index contributed by atoms with van der Waals surface area (Å²) >= 11 is 18.1. The summed E-state index contributed by atoms with van der Waals surface area (Å²) in [5, 5.41) is 15.0. The van der Waals surface area contributed by atoms with Gasteiger partial charge < -0.3 is 15.3 Å². The highest BCUT2D eigenvalue weighted by atomic mass is 35.5. The Balaban J connectivity index is 0.000000640. The van der Waals surface area contributed by atoms with E-state index in [9.17, 15) is 8.42 Å². The second-order valence-corrected chi connectivity index (χ2v) is 8.68. The van der Waals surface area contributed by atoms with Crippen molar-refractivity contribution in [2.24, 2.45) is 4.99 Å². The van der Waals surface area contributed by atoms with E-state index in [4.69, 9.17) is 50.1 Å². The van der Waals surface area contributed by atoms with Gasteiger partial charge in [-0.1, -0.05) is 34.8 Å². The zero-order valence-electron chi connectivity index (χ0n) is 13.8. The molecule has 148 valence electrons. The molecule has 0 fully saturated rings. The van der Waals surface area contributed by atoms with Gasteiger partial charge in [0.15, 0.2) is 6.34 Å². The molecule has 28 heavy (non-hydrogen) atoms. The molecule has 2 aromatic rings. The van der Waals surface area contributed by atoms with Crippen LogP contribution in [0.5, 0.6) is 0 Å². The minimum absolute atomic E-state index is 0.157. The number of hydrogen-bond donors (Lipinski definition) is 1. The monoisotopic (exact) mass is 463 g/mol. The van der Waals surface area contributed by atoms with Crippen molar-refractivity contribution >= 4 is 51.0 Å². The molecule has 2 unspecified atom stereocenters. The van der Waals surface area contributed by atoms with Gasteiger partial charge in [-0.25, -0.2) is 18.3 Å². The molecule has 0 amide bonds. The molecule has 0 saturated carbocycles. The van der Waals surface area contributed by atoms with E-state index >= 15 is 0 Å². The topological polar surface area (TPSA) is 117 Å². The van der Waals surface area contributed by atoms with E-state index in [-0.39, 0.29) is 9.92 Å². The van der Waals surface area contributed by atoms with Gasteiger partial charge in [-0.2, -0.15) is 0 Å². The molecule has 12 heteroatoms. The van der Waals surface area contributed by atoms with Crippen molar-refractivity contribution in [1.82, 2.24) is 0 Å². The minimum Gasteiger partial charge on any atom is -0.356 e. The van der Waals surface area contributed by atoms with E-state index in [1.807, 2.05) is 0 Å². The molecule has 1 N–H and O–H groups in total. The Kier molecular flexibility index (Phi) is 7.39. The molecule has 0 aromatic heterocycles. The van der Waals surface area contributed by atoms with E-state index in [0.29, 0.717) is 20.5 Å². The number of benzene rings is 2. The Hall–Kier alpha value is -2.17. The molecule has 2 atom stereocenters. The fraction of sp³-hybridized carbons (Fsp3) is 0.0625. The molecular formula is C16H12Cl3N3O5S. The molecule has 1 aliphatic rings. The summed E-state index contributed by atoms with van der Waals surface area (Å²) in [4.78, 5) is 12.9. The largest absolute Gasteiger partial charge is 0.356 e. The van der Waals surface area contributed by atoms with Gasteiger partial charge >= 0.3 is 0 Å². The lowest BCUT2D eigenvalue weighted by molar-refractivity contribution is -0.756. The molecule has 2 aromatic carbocycles. The number of aliphatic imine (C=N–C) groups is 1. The van der Waals surface area contributed by atoms with E-state index < -0.39 is 20.3 Å². The SMILES string of the molecule is O=S(=O)(c1ccc(Cl)cc1)C(c1ccc(Cl)cc1Cl)[NH+]1C=CN=C1.O=[N+]([O-])[O-]. The van der Waals surface area contributed by atoms with Gasteiger partial charge in [-0.3, -0.25) is 0 Å². The Morgan fingerprint density at radius 1 is 1.00 bits per heavy atom. The summed E-state index contributed by atoms with van der Waals surface area (Å²) in [7, 11) is -3.76. The summed E-state index contributed by atoms with van der Waals surface area (Å²) in [6.45, 7) is 0. The quantitative estimate of drug-likeness (QED) is 0.550. The maximum absolute atomic E-state index is 13.2. The summed E-state index contributed by atoms with van der Waals surface area (Å²) in [6, 6.07) is 10.8. The third kappa shape index (κ3) is 5.43. The molecule has 0 bridgehead atoms. The van der Waals surface area contributed by atoms with Crippen molar-refractivity contribution in [3.8, 4) is 0 Å². The summed E-state index contributed by atoms with van der Waals surface area (Å²) in [5.41, 5.74) is 0.448. The van der Waals surface area contributed by atoms with E-state index in [1.165, 1.54) is 36.7 Å². The van der Waals surface area contributed by atoms with Gasteiger partial charge in [0.1, 0.15) is 6.20 Å². The molecule has 0 aliphatic carbocycles. The minimum atomic E-state index is -3.76. The molecule has 8 nitrogen and oxygen atoms in total. The van der Waals surface area contributed by atoms with Gasteiger partial charge in [0, 0.05) is 15.6 Å². The fourth-order valence-electron chi connectivity index (χ4n) is 2.46. The average Bonchev–Trinajstić information content (AvgIpc) is 3.11. The van der Waals surface area contributed by atoms with Gasteiger partial charge in [0.25, 0.3) is 0 Å². The number of hydrogen-bond acceptors (Lipinski definition) is 6. The van der Waals surface area contributed by atoms with Crippen LogP contribution < -0.4 is 4.90 Å². The highest BCUT2D eigenvalue weighted by Gasteiger charge is 2.39. The van der Waals surface area contributed by atoms with Crippen molar-refractivity contribution < 1.29 is 18.4 Å². The average molecular weight is 465 g/mol. The fourth-order valence-corrected chi connectivity index (χ4v) is 4.99. The summed E-state index contributed by atoms with van der Waals surface area (Å²) < 4.78 is 26.4. The Morgan fingerprint density at radius 3 is 2.07 bits per heavy atom. The molecule has 3 rings (SSSR count). The van der Waals surface area contributed by atoms with Crippen LogP contribution in [0.2, 0.25) is 15.1 Å². The zero-order valence-corrected chi connectivity index (χ0v) is 16.9. The van der Waals surface area contributed by atoms with Gasteiger partial charge in [-0.05, 0) is 42.5 Å². The van der Waals surface area contributed by atoms with Crippen LogP contribution in [-0.4, -0.2) is 19.8 Å². The van der Waals surface area contributed by atoms with Crippen molar-refractivity contribution in [3.05, 3.63) is 90.8 Å². The lowest BCUT2D eigenvalue weighted by Crippen LogP contribution is -3.06. The Bertz CT molecular complexity index is 1010. The number of sulfone groups is 1.